The van der Waals surface area contributed by atoms with Crippen LogP contribution in [-0.4, -0.2) is 17.7 Å². The summed E-state index contributed by atoms with van der Waals surface area (Å²) < 4.78 is 5.60. The smallest absolute Gasteiger partial charge is 0.338 e. The van der Waals surface area contributed by atoms with E-state index in [4.69, 9.17) is 4.74 Å². The number of hydrogen-bond donors (Lipinski definition) is 1. The molecule has 1 aromatic rings. The minimum absolute atomic E-state index is 0.158. The number of phenols is 1. The third-order valence-electron chi connectivity index (χ3n) is 4.64. The van der Waals surface area contributed by atoms with Crippen LogP contribution in [0, 0.1) is 5.41 Å². The van der Waals surface area contributed by atoms with Crippen molar-refractivity contribution in [2.45, 2.75) is 92.4 Å². The van der Waals surface area contributed by atoms with Crippen LogP contribution in [0.4, 0.5) is 0 Å². The van der Waals surface area contributed by atoms with E-state index in [9.17, 15) is 9.90 Å². The maximum Gasteiger partial charge on any atom is 0.338 e. The molecule has 0 aliphatic carbocycles. The molecule has 0 spiro atoms. The number of aromatic hydroxyl groups is 1. The quantitative estimate of drug-likeness (QED) is 0.281. The lowest BCUT2D eigenvalue weighted by Crippen LogP contribution is -2.15. The average molecular weight is 389 g/mol. The fourth-order valence-corrected chi connectivity index (χ4v) is 3.12. The van der Waals surface area contributed by atoms with Crippen molar-refractivity contribution >= 4 is 11.5 Å². The number of benzene rings is 1. The predicted molar refractivity (Wildman–Crippen MR) is 119 cm³/mol. The van der Waals surface area contributed by atoms with E-state index in [1.54, 1.807) is 12.1 Å². The van der Waals surface area contributed by atoms with Crippen LogP contribution in [0.5, 0.6) is 5.75 Å². The van der Waals surface area contributed by atoms with E-state index < -0.39 is 0 Å². The lowest BCUT2D eigenvalue weighted by Gasteiger charge is -2.22. The molecule has 0 fully saturated rings. The first-order valence-corrected chi connectivity index (χ1v) is 10.7. The van der Waals surface area contributed by atoms with Crippen LogP contribution in [-0.2, 0) is 14.9 Å². The third kappa shape index (κ3) is 8.50. The van der Waals surface area contributed by atoms with Gasteiger partial charge in [0.1, 0.15) is 5.75 Å². The molecule has 3 nitrogen and oxygen atoms in total. The molecule has 0 aliphatic rings. The highest BCUT2D eigenvalue weighted by molar-refractivity contribution is 6.16. The van der Waals surface area contributed by atoms with Crippen LogP contribution in [0.1, 0.15) is 98.1 Å². The van der Waals surface area contributed by atoms with E-state index in [1.165, 1.54) is 25.7 Å². The summed E-state index contributed by atoms with van der Waals surface area (Å²) in [5.74, 6) is -0.0270. The Labute approximate surface area is 172 Å². The first kappa shape index (κ1) is 24.3. The Kier molecular flexibility index (Phi) is 9.26. The van der Waals surface area contributed by atoms with Gasteiger partial charge in [-0.25, -0.2) is 4.79 Å². The molecule has 1 N–H and O–H groups in total. The third-order valence-corrected chi connectivity index (χ3v) is 4.64. The molecule has 0 aromatic heterocycles. The Bertz CT molecular complexity index is 657. The van der Waals surface area contributed by atoms with Crippen molar-refractivity contribution in [2.24, 2.45) is 5.41 Å². The molecule has 0 unspecified atom stereocenters. The van der Waals surface area contributed by atoms with E-state index >= 15 is 0 Å². The minimum atomic E-state index is -0.283. The summed E-state index contributed by atoms with van der Waals surface area (Å²) in [6, 6.07) is 5.39. The zero-order valence-corrected chi connectivity index (χ0v) is 19.0. The Hall–Kier alpha value is -1.77. The van der Waals surface area contributed by atoms with Gasteiger partial charge in [0.25, 0.3) is 0 Å². The molecule has 158 valence electrons. The van der Waals surface area contributed by atoms with Crippen molar-refractivity contribution in [1.29, 1.82) is 0 Å². The molecule has 28 heavy (non-hydrogen) atoms. The van der Waals surface area contributed by atoms with Crippen molar-refractivity contribution in [3.8, 4) is 5.75 Å². The molecule has 0 saturated carbocycles. The van der Waals surface area contributed by atoms with Gasteiger partial charge in [-0.3, -0.25) is 0 Å². The van der Waals surface area contributed by atoms with Crippen LogP contribution in [0.25, 0.3) is 5.57 Å². The van der Waals surface area contributed by atoms with Gasteiger partial charge < -0.3 is 9.84 Å². The number of ether oxygens (including phenoxy) is 1. The second-order valence-electron chi connectivity index (χ2n) is 9.81. The lowest BCUT2D eigenvalue weighted by atomic mass is 9.83. The Morgan fingerprint density at radius 2 is 1.61 bits per heavy atom. The van der Waals surface area contributed by atoms with E-state index in [2.05, 4.69) is 48.5 Å². The van der Waals surface area contributed by atoms with E-state index in [0.29, 0.717) is 12.2 Å². The molecule has 0 radical (unpaired) electrons. The normalized spacial score (nSPS) is 12.9. The average Bonchev–Trinajstić information content (AvgIpc) is 2.57. The van der Waals surface area contributed by atoms with Gasteiger partial charge in [0.2, 0.25) is 0 Å². The fraction of sp³-hybridized carbons (Fsp3) is 0.640. The molecule has 0 amide bonds. The van der Waals surface area contributed by atoms with Gasteiger partial charge in [-0.15, -0.1) is 0 Å². The summed E-state index contributed by atoms with van der Waals surface area (Å²) >= 11 is 0. The predicted octanol–water partition coefficient (Wildman–Crippen LogP) is 7.02. The highest BCUT2D eigenvalue weighted by Gasteiger charge is 2.23. The van der Waals surface area contributed by atoms with Crippen molar-refractivity contribution in [3.05, 3.63) is 35.4 Å². The first-order chi connectivity index (χ1) is 13.0. The first-order valence-electron chi connectivity index (χ1n) is 10.7. The number of hydrogen-bond acceptors (Lipinski definition) is 3. The second-order valence-corrected chi connectivity index (χ2v) is 9.81. The number of carbonyl (C=O) groups is 1. The largest absolute Gasteiger partial charge is 0.508 e. The standard InChI is InChI=1S/C25H40O3/c1-8-9-10-11-12-13-16-28-23(27)20(18-24(2,3)4)19-14-15-22(26)21(17-19)25(5,6)7/h14-15,17-18,26H,8-13,16H2,1-7H3. The summed E-state index contributed by atoms with van der Waals surface area (Å²) in [6.07, 6.45) is 8.93. The maximum atomic E-state index is 12.8. The summed E-state index contributed by atoms with van der Waals surface area (Å²) in [6.45, 7) is 15.0. The van der Waals surface area contributed by atoms with Gasteiger partial charge in [-0.05, 0) is 40.5 Å². The Balaban J connectivity index is 2.94. The van der Waals surface area contributed by atoms with Gasteiger partial charge >= 0.3 is 5.97 Å². The Morgan fingerprint density at radius 1 is 1.00 bits per heavy atom. The number of phenolic OH excluding ortho intramolecular Hbond substituents is 1. The fourth-order valence-electron chi connectivity index (χ4n) is 3.12. The molecule has 0 atom stereocenters. The van der Waals surface area contributed by atoms with Crippen LogP contribution in [0.2, 0.25) is 0 Å². The summed E-state index contributed by atoms with van der Waals surface area (Å²) in [5.41, 5.74) is 1.83. The topological polar surface area (TPSA) is 46.5 Å². The molecule has 1 aromatic carbocycles. The lowest BCUT2D eigenvalue weighted by molar-refractivity contribution is -0.136. The van der Waals surface area contributed by atoms with Gasteiger partial charge in [-0.1, -0.05) is 92.7 Å². The molecule has 1 rings (SSSR count). The van der Waals surface area contributed by atoms with Crippen molar-refractivity contribution in [1.82, 2.24) is 0 Å². The number of unbranched alkanes of at least 4 members (excludes halogenated alkanes) is 5. The van der Waals surface area contributed by atoms with E-state index in [-0.39, 0.29) is 22.5 Å². The molecule has 0 bridgehead atoms. The van der Waals surface area contributed by atoms with Crippen molar-refractivity contribution in [3.63, 3.8) is 0 Å². The van der Waals surface area contributed by atoms with Gasteiger partial charge in [0, 0.05) is 0 Å². The van der Waals surface area contributed by atoms with Crippen molar-refractivity contribution < 1.29 is 14.6 Å². The molecular weight excluding hydrogens is 348 g/mol. The van der Waals surface area contributed by atoms with Crippen molar-refractivity contribution in [2.75, 3.05) is 6.61 Å². The molecule has 0 aliphatic heterocycles. The Morgan fingerprint density at radius 3 is 2.18 bits per heavy atom. The summed E-state index contributed by atoms with van der Waals surface area (Å²) in [4.78, 5) is 12.8. The molecular formula is C25H40O3. The van der Waals surface area contributed by atoms with Crippen LogP contribution < -0.4 is 0 Å². The zero-order valence-electron chi connectivity index (χ0n) is 19.0. The number of rotatable bonds is 9. The zero-order chi connectivity index (χ0) is 21.4. The second kappa shape index (κ2) is 10.7. The highest BCUT2D eigenvalue weighted by Crippen LogP contribution is 2.34. The summed E-state index contributed by atoms with van der Waals surface area (Å²) in [5, 5.41) is 10.2. The highest BCUT2D eigenvalue weighted by atomic mass is 16.5. The van der Waals surface area contributed by atoms with E-state index in [1.807, 2.05) is 12.1 Å². The molecule has 0 heterocycles. The van der Waals surface area contributed by atoms with Crippen LogP contribution in [0.15, 0.2) is 24.3 Å². The number of carbonyl (C=O) groups excluding carboxylic acids is 1. The summed E-state index contributed by atoms with van der Waals surface area (Å²) in [7, 11) is 0. The van der Waals surface area contributed by atoms with Crippen LogP contribution in [0.3, 0.4) is 0 Å². The number of esters is 1. The monoisotopic (exact) mass is 388 g/mol. The van der Waals surface area contributed by atoms with Gasteiger partial charge in [0.15, 0.2) is 0 Å². The minimum Gasteiger partial charge on any atom is -0.508 e. The van der Waals surface area contributed by atoms with E-state index in [0.717, 1.165) is 24.0 Å². The van der Waals surface area contributed by atoms with Crippen LogP contribution >= 0.6 is 0 Å². The SMILES string of the molecule is CCCCCCCCOC(=O)C(=CC(C)(C)C)c1ccc(O)c(C(C)(C)C)c1. The maximum absolute atomic E-state index is 12.8. The van der Waals surface area contributed by atoms with Gasteiger partial charge in [-0.2, -0.15) is 0 Å². The molecule has 3 heteroatoms. The number of allylic oxidation sites excluding steroid dienone is 1. The van der Waals surface area contributed by atoms with Gasteiger partial charge in [0.05, 0.1) is 12.2 Å². The molecule has 0 saturated heterocycles.